The Bertz CT molecular complexity index is 797. The molecule has 0 aromatic heterocycles. The number of aliphatic hydroxyl groups is 1. The Morgan fingerprint density at radius 2 is 1.91 bits per heavy atom. The number of likely N-dealkylation sites (tertiary alicyclic amines) is 1. The van der Waals surface area contributed by atoms with E-state index in [1.807, 2.05) is 0 Å². The fraction of sp³-hybridized carbons (Fsp3) is 0.909. The third-order valence-electron chi connectivity index (χ3n) is 7.78. The fourth-order valence-corrected chi connectivity index (χ4v) is 6.37. The van der Waals surface area contributed by atoms with Crippen molar-refractivity contribution < 1.29 is 23.1 Å². The molecule has 190 valence electrons. The van der Waals surface area contributed by atoms with E-state index in [1.54, 1.807) is 4.90 Å². The van der Waals surface area contributed by atoms with E-state index >= 15 is 0 Å². The smallest absolute Gasteiger partial charge is 0.237 e. The SMILES string of the molecule is CC(=O)N(CCN1CCC(CNS(C)(=O)=O)CC1)CC(O)CN1[C@@H]2CCC[C@@]1(C(N)=O)CC2. The largest absolute Gasteiger partial charge is 0.390 e. The van der Waals surface area contributed by atoms with E-state index in [1.165, 1.54) is 13.2 Å². The van der Waals surface area contributed by atoms with Crippen LogP contribution in [0.2, 0.25) is 0 Å². The summed E-state index contributed by atoms with van der Waals surface area (Å²) in [6.45, 7) is 5.56. The molecular weight excluding hydrogens is 446 g/mol. The van der Waals surface area contributed by atoms with Crippen molar-refractivity contribution in [1.82, 2.24) is 19.4 Å². The van der Waals surface area contributed by atoms with Gasteiger partial charge in [-0.15, -0.1) is 0 Å². The molecule has 3 atom stereocenters. The standard InChI is InChI=1S/C22H41N5O5S/c1-17(28)26(13-12-25-10-6-18(7-11-25)14-24-33(2,31)32)15-20(29)16-27-19-4-3-8-22(27,9-5-19)21(23)30/h18-20,24,29H,3-16H2,1-2H3,(H2,23,30)/t19-,20?,22+/m1/s1. The van der Waals surface area contributed by atoms with Crippen molar-refractivity contribution in [2.45, 2.75) is 69.6 Å². The Morgan fingerprint density at radius 1 is 1.21 bits per heavy atom. The predicted octanol–water partition coefficient (Wildman–Crippen LogP) is -0.671. The normalized spacial score (nSPS) is 28.0. The van der Waals surface area contributed by atoms with Gasteiger partial charge in [0.2, 0.25) is 21.8 Å². The molecule has 3 heterocycles. The van der Waals surface area contributed by atoms with Crippen molar-refractivity contribution in [3.05, 3.63) is 0 Å². The first-order chi connectivity index (χ1) is 15.5. The number of carbonyl (C=O) groups excluding carboxylic acids is 2. The fourth-order valence-electron chi connectivity index (χ4n) is 5.83. The molecule has 0 spiro atoms. The predicted molar refractivity (Wildman–Crippen MR) is 126 cm³/mol. The zero-order valence-electron chi connectivity index (χ0n) is 20.0. The molecule has 0 aromatic carbocycles. The molecule has 0 aromatic rings. The number of primary amides is 1. The van der Waals surface area contributed by atoms with Crippen LogP contribution in [0.5, 0.6) is 0 Å². The maximum atomic E-state index is 12.2. The summed E-state index contributed by atoms with van der Waals surface area (Å²) in [5, 5.41) is 10.8. The van der Waals surface area contributed by atoms with Crippen LogP contribution < -0.4 is 10.5 Å². The molecule has 3 saturated heterocycles. The summed E-state index contributed by atoms with van der Waals surface area (Å²) in [6, 6.07) is 0.283. The lowest BCUT2D eigenvalue weighted by atomic mass is 9.87. The second-order valence-electron chi connectivity index (χ2n) is 10.2. The van der Waals surface area contributed by atoms with Crippen LogP contribution in [0.3, 0.4) is 0 Å². The lowest BCUT2D eigenvalue weighted by Gasteiger charge is -2.44. The van der Waals surface area contributed by atoms with Gasteiger partial charge in [-0.25, -0.2) is 13.1 Å². The summed E-state index contributed by atoms with van der Waals surface area (Å²) in [5.74, 6) is -0.0396. The molecule has 1 unspecified atom stereocenters. The quantitative estimate of drug-likeness (QED) is 0.352. The van der Waals surface area contributed by atoms with Crippen molar-refractivity contribution in [1.29, 1.82) is 0 Å². The first-order valence-electron chi connectivity index (χ1n) is 12.2. The van der Waals surface area contributed by atoms with Crippen molar-refractivity contribution in [3.63, 3.8) is 0 Å². The molecule has 10 nitrogen and oxygen atoms in total. The molecule has 0 aliphatic carbocycles. The van der Waals surface area contributed by atoms with Gasteiger partial charge >= 0.3 is 0 Å². The van der Waals surface area contributed by atoms with Gasteiger partial charge in [-0.3, -0.25) is 14.5 Å². The van der Waals surface area contributed by atoms with Gasteiger partial charge in [0.25, 0.3) is 0 Å². The van der Waals surface area contributed by atoms with Gasteiger partial charge in [0.05, 0.1) is 12.4 Å². The first kappa shape index (κ1) is 26.3. The monoisotopic (exact) mass is 487 g/mol. The van der Waals surface area contributed by atoms with Crippen LogP contribution in [-0.4, -0.2) is 110 Å². The molecule has 11 heteroatoms. The molecule has 33 heavy (non-hydrogen) atoms. The molecule has 2 bridgehead atoms. The molecule has 2 amide bonds. The third kappa shape index (κ3) is 6.88. The van der Waals surface area contributed by atoms with E-state index in [-0.39, 0.29) is 24.4 Å². The lowest BCUT2D eigenvalue weighted by Crippen LogP contribution is -2.60. The van der Waals surface area contributed by atoms with Gasteiger partial charge in [-0.2, -0.15) is 0 Å². The topological polar surface area (TPSA) is 136 Å². The van der Waals surface area contributed by atoms with E-state index in [0.717, 1.165) is 64.6 Å². The highest BCUT2D eigenvalue weighted by Crippen LogP contribution is 2.43. The number of fused-ring (bicyclic) bond motifs is 2. The third-order valence-corrected chi connectivity index (χ3v) is 8.47. The minimum atomic E-state index is -3.16. The average Bonchev–Trinajstić information content (AvgIpc) is 2.93. The number of β-amino-alcohol motifs (C(OH)–C–C–N with tert-alkyl or cyclic N) is 1. The first-order valence-corrected chi connectivity index (χ1v) is 14.1. The zero-order chi connectivity index (χ0) is 24.2. The second-order valence-corrected chi connectivity index (χ2v) is 12.0. The summed E-state index contributed by atoms with van der Waals surface area (Å²) >= 11 is 0. The van der Waals surface area contributed by atoms with Gasteiger partial charge in [0.15, 0.2) is 0 Å². The number of sulfonamides is 1. The summed E-state index contributed by atoms with van der Waals surface area (Å²) in [5.41, 5.74) is 5.13. The van der Waals surface area contributed by atoms with Crippen LogP contribution in [0, 0.1) is 5.92 Å². The lowest BCUT2D eigenvalue weighted by molar-refractivity contribution is -0.135. The molecule has 0 radical (unpaired) electrons. The Kier molecular flexibility index (Phi) is 8.77. The number of nitrogens with zero attached hydrogens (tertiary/aromatic N) is 3. The maximum Gasteiger partial charge on any atom is 0.237 e. The summed E-state index contributed by atoms with van der Waals surface area (Å²) < 4.78 is 25.1. The number of hydrogen-bond acceptors (Lipinski definition) is 7. The number of hydrogen-bond donors (Lipinski definition) is 3. The van der Waals surface area contributed by atoms with Crippen molar-refractivity contribution in [3.8, 4) is 0 Å². The van der Waals surface area contributed by atoms with E-state index in [0.29, 0.717) is 25.6 Å². The Morgan fingerprint density at radius 3 is 2.52 bits per heavy atom. The molecule has 0 saturated carbocycles. The minimum Gasteiger partial charge on any atom is -0.390 e. The average molecular weight is 488 g/mol. The number of piperidine rings is 2. The van der Waals surface area contributed by atoms with Gasteiger partial charge in [-0.1, -0.05) is 0 Å². The van der Waals surface area contributed by atoms with E-state index in [9.17, 15) is 23.1 Å². The number of carbonyl (C=O) groups is 2. The van der Waals surface area contributed by atoms with Gasteiger partial charge in [-0.05, 0) is 64.0 Å². The maximum absolute atomic E-state index is 12.2. The molecule has 3 rings (SSSR count). The highest BCUT2D eigenvalue weighted by molar-refractivity contribution is 7.88. The summed E-state index contributed by atoms with van der Waals surface area (Å²) in [6.07, 6.45) is 6.71. The van der Waals surface area contributed by atoms with Crippen LogP contribution in [0.25, 0.3) is 0 Å². The van der Waals surface area contributed by atoms with Crippen molar-refractivity contribution >= 4 is 21.8 Å². The highest BCUT2D eigenvalue weighted by atomic mass is 32.2. The second kappa shape index (κ2) is 11.0. The van der Waals surface area contributed by atoms with E-state index in [4.69, 9.17) is 5.73 Å². The van der Waals surface area contributed by atoms with E-state index < -0.39 is 21.7 Å². The number of amides is 2. The molecule has 4 N–H and O–H groups in total. The van der Waals surface area contributed by atoms with Crippen molar-refractivity contribution in [2.24, 2.45) is 11.7 Å². The van der Waals surface area contributed by atoms with Crippen LogP contribution in [0.1, 0.15) is 51.9 Å². The number of nitrogens with two attached hydrogens (primary N) is 1. The zero-order valence-corrected chi connectivity index (χ0v) is 20.9. The summed E-state index contributed by atoms with van der Waals surface area (Å²) in [4.78, 5) is 30.6. The molecule has 3 aliphatic rings. The van der Waals surface area contributed by atoms with Gasteiger partial charge < -0.3 is 20.6 Å². The molecular formula is C22H41N5O5S. The van der Waals surface area contributed by atoms with E-state index in [2.05, 4.69) is 14.5 Å². The Balaban J connectivity index is 1.45. The number of aliphatic hydroxyl groups excluding tert-OH is 1. The van der Waals surface area contributed by atoms with Gasteiger partial charge in [0.1, 0.15) is 5.54 Å². The Hall–Kier alpha value is -1.27. The van der Waals surface area contributed by atoms with Gasteiger partial charge in [0, 0.05) is 45.7 Å². The van der Waals surface area contributed by atoms with Crippen LogP contribution in [0.15, 0.2) is 0 Å². The molecule has 3 aliphatic heterocycles. The van der Waals surface area contributed by atoms with Crippen LogP contribution in [0.4, 0.5) is 0 Å². The van der Waals surface area contributed by atoms with Crippen LogP contribution >= 0.6 is 0 Å². The highest BCUT2D eigenvalue weighted by Gasteiger charge is 2.52. The minimum absolute atomic E-state index is 0.0764. The molecule has 3 fully saturated rings. The van der Waals surface area contributed by atoms with Crippen LogP contribution in [-0.2, 0) is 19.6 Å². The van der Waals surface area contributed by atoms with Crippen molar-refractivity contribution in [2.75, 3.05) is 52.1 Å². The number of rotatable bonds is 11. The summed E-state index contributed by atoms with van der Waals surface area (Å²) in [7, 11) is -3.16. The Labute approximate surface area is 197 Å². The number of nitrogens with one attached hydrogen (secondary N) is 1.